The van der Waals surface area contributed by atoms with Gasteiger partial charge in [-0.2, -0.15) is 0 Å². The van der Waals surface area contributed by atoms with Gasteiger partial charge in [-0.15, -0.1) is 0 Å². The molecule has 20 heavy (non-hydrogen) atoms. The van der Waals surface area contributed by atoms with E-state index in [2.05, 4.69) is 10.6 Å². The van der Waals surface area contributed by atoms with Crippen molar-refractivity contribution in [1.82, 2.24) is 10.2 Å². The molecule has 2 fully saturated rings. The van der Waals surface area contributed by atoms with Crippen LogP contribution in [-0.4, -0.2) is 36.1 Å². The van der Waals surface area contributed by atoms with Crippen LogP contribution >= 0.6 is 0 Å². The molecule has 1 aromatic carbocycles. The van der Waals surface area contributed by atoms with Gasteiger partial charge in [-0.3, -0.25) is 0 Å². The zero-order chi connectivity index (χ0) is 14.1. The third-order valence-electron chi connectivity index (χ3n) is 4.39. The second kappa shape index (κ2) is 5.40. The summed E-state index contributed by atoms with van der Waals surface area (Å²) in [6, 6.07) is 7.17. The molecule has 2 N–H and O–H groups in total. The molecule has 2 aliphatic heterocycles. The largest absolute Gasteiger partial charge is 0.324 e. The topological polar surface area (TPSA) is 44.4 Å². The fourth-order valence-electron chi connectivity index (χ4n) is 3.29. The van der Waals surface area contributed by atoms with Gasteiger partial charge in [0.25, 0.3) is 0 Å². The molecule has 2 unspecified atom stereocenters. The van der Waals surface area contributed by atoms with Gasteiger partial charge in [0.05, 0.1) is 0 Å². The average molecular weight is 277 g/mol. The molecule has 4 nitrogen and oxygen atoms in total. The molecule has 2 amide bonds. The van der Waals surface area contributed by atoms with Gasteiger partial charge in [0.2, 0.25) is 0 Å². The molecule has 0 radical (unpaired) electrons. The van der Waals surface area contributed by atoms with Crippen LogP contribution in [0.3, 0.4) is 0 Å². The number of carbonyl (C=O) groups is 1. The van der Waals surface area contributed by atoms with Crippen molar-refractivity contribution in [3.05, 3.63) is 30.1 Å². The minimum Gasteiger partial charge on any atom is -0.324 e. The van der Waals surface area contributed by atoms with Crippen LogP contribution in [0.15, 0.2) is 24.3 Å². The van der Waals surface area contributed by atoms with Crippen molar-refractivity contribution >= 4 is 11.7 Å². The Hall–Kier alpha value is -1.62. The Kier molecular flexibility index (Phi) is 3.61. The molecule has 2 atom stereocenters. The van der Waals surface area contributed by atoms with Crippen LogP contribution in [0.2, 0.25) is 0 Å². The Morgan fingerprint density at radius 1 is 1.35 bits per heavy atom. The van der Waals surface area contributed by atoms with E-state index in [1.165, 1.54) is 25.0 Å². The number of nitrogens with zero attached hydrogens (tertiary/aromatic N) is 1. The Morgan fingerprint density at radius 3 is 2.70 bits per heavy atom. The maximum atomic E-state index is 13.1. The second-order valence-corrected chi connectivity index (χ2v) is 5.81. The standard InChI is InChI=1S/C15H20FN3O/c1-19(14-8-12-5-6-13(9-14)17-12)15(20)18-11-4-2-3-10(16)7-11/h2-4,7,12-14,17H,5-6,8-9H2,1H3,(H,18,20). The van der Waals surface area contributed by atoms with E-state index in [0.29, 0.717) is 17.8 Å². The molecule has 2 heterocycles. The zero-order valence-corrected chi connectivity index (χ0v) is 11.6. The Bertz CT molecular complexity index is 496. The maximum absolute atomic E-state index is 13.1. The van der Waals surface area contributed by atoms with Crippen molar-refractivity contribution in [1.29, 1.82) is 0 Å². The summed E-state index contributed by atoms with van der Waals surface area (Å²) in [4.78, 5) is 14.0. The summed E-state index contributed by atoms with van der Waals surface area (Å²) in [5.41, 5.74) is 0.499. The van der Waals surface area contributed by atoms with E-state index in [1.807, 2.05) is 7.05 Å². The molecule has 3 rings (SSSR count). The number of hydrogen-bond acceptors (Lipinski definition) is 2. The number of piperidine rings is 1. The number of amides is 2. The Balaban J connectivity index is 1.62. The molecule has 0 aromatic heterocycles. The lowest BCUT2D eigenvalue weighted by molar-refractivity contribution is 0.176. The highest BCUT2D eigenvalue weighted by molar-refractivity contribution is 5.89. The third-order valence-corrected chi connectivity index (χ3v) is 4.39. The van der Waals surface area contributed by atoms with E-state index in [-0.39, 0.29) is 17.9 Å². The summed E-state index contributed by atoms with van der Waals surface area (Å²) < 4.78 is 13.1. The fraction of sp³-hybridized carbons (Fsp3) is 0.533. The molecular formula is C15H20FN3O. The minimum absolute atomic E-state index is 0.165. The molecule has 0 saturated carbocycles. The minimum atomic E-state index is -0.342. The molecule has 2 aliphatic rings. The number of hydrogen-bond donors (Lipinski definition) is 2. The SMILES string of the molecule is CN(C(=O)Nc1cccc(F)c1)C1CC2CCC(C1)N2. The van der Waals surface area contributed by atoms with E-state index in [0.717, 1.165) is 12.8 Å². The second-order valence-electron chi connectivity index (χ2n) is 5.81. The first-order chi connectivity index (χ1) is 9.61. The average Bonchev–Trinajstić information content (AvgIpc) is 2.76. The molecular weight excluding hydrogens is 257 g/mol. The first-order valence-corrected chi connectivity index (χ1v) is 7.17. The zero-order valence-electron chi connectivity index (χ0n) is 11.6. The van der Waals surface area contributed by atoms with Crippen LogP contribution in [-0.2, 0) is 0 Å². The molecule has 2 saturated heterocycles. The first-order valence-electron chi connectivity index (χ1n) is 7.17. The van der Waals surface area contributed by atoms with Crippen molar-refractivity contribution in [2.24, 2.45) is 0 Å². The third kappa shape index (κ3) is 2.77. The van der Waals surface area contributed by atoms with Crippen LogP contribution in [0.5, 0.6) is 0 Å². The van der Waals surface area contributed by atoms with E-state index < -0.39 is 0 Å². The number of urea groups is 1. The summed E-state index contributed by atoms with van der Waals surface area (Å²) in [5.74, 6) is -0.342. The van der Waals surface area contributed by atoms with Crippen molar-refractivity contribution in [3.63, 3.8) is 0 Å². The molecule has 5 heteroatoms. The summed E-state index contributed by atoms with van der Waals surface area (Å²) >= 11 is 0. The van der Waals surface area contributed by atoms with E-state index in [9.17, 15) is 9.18 Å². The summed E-state index contributed by atoms with van der Waals surface area (Å²) in [5, 5.41) is 6.32. The number of rotatable bonds is 2. The van der Waals surface area contributed by atoms with E-state index >= 15 is 0 Å². The van der Waals surface area contributed by atoms with E-state index in [1.54, 1.807) is 17.0 Å². The van der Waals surface area contributed by atoms with Crippen LogP contribution in [0.1, 0.15) is 25.7 Å². The highest BCUT2D eigenvalue weighted by Crippen LogP contribution is 2.29. The summed E-state index contributed by atoms with van der Waals surface area (Å²) in [7, 11) is 1.82. The highest BCUT2D eigenvalue weighted by atomic mass is 19.1. The van der Waals surface area contributed by atoms with Crippen LogP contribution < -0.4 is 10.6 Å². The number of carbonyl (C=O) groups excluding carboxylic acids is 1. The van der Waals surface area contributed by atoms with Crippen LogP contribution in [0.25, 0.3) is 0 Å². The fourth-order valence-corrected chi connectivity index (χ4v) is 3.29. The van der Waals surface area contributed by atoms with Crippen molar-refractivity contribution in [2.45, 2.75) is 43.8 Å². The molecule has 1 aromatic rings. The lowest BCUT2D eigenvalue weighted by atomic mass is 9.99. The monoisotopic (exact) mass is 277 g/mol. The summed E-state index contributed by atoms with van der Waals surface area (Å²) in [6.07, 6.45) is 4.42. The molecule has 108 valence electrons. The number of benzene rings is 1. The predicted octanol–water partition coefficient (Wildman–Crippen LogP) is 2.57. The predicted molar refractivity (Wildman–Crippen MR) is 76.1 cm³/mol. The van der Waals surface area contributed by atoms with Crippen molar-refractivity contribution in [3.8, 4) is 0 Å². The lowest BCUT2D eigenvalue weighted by Crippen LogP contribution is -2.49. The van der Waals surface area contributed by atoms with Gasteiger partial charge in [-0.05, 0) is 43.9 Å². The molecule has 0 aliphatic carbocycles. The van der Waals surface area contributed by atoms with Gasteiger partial charge in [-0.25, -0.2) is 9.18 Å². The normalized spacial score (nSPS) is 28.2. The van der Waals surface area contributed by atoms with Gasteiger partial charge in [0.1, 0.15) is 5.82 Å². The number of halogens is 1. The van der Waals surface area contributed by atoms with Gasteiger partial charge < -0.3 is 15.5 Å². The summed E-state index contributed by atoms with van der Waals surface area (Å²) in [6.45, 7) is 0. The smallest absolute Gasteiger partial charge is 0.321 e. The van der Waals surface area contributed by atoms with Gasteiger partial charge in [0, 0.05) is 30.9 Å². The van der Waals surface area contributed by atoms with Gasteiger partial charge in [-0.1, -0.05) is 6.07 Å². The van der Waals surface area contributed by atoms with Gasteiger partial charge >= 0.3 is 6.03 Å². The number of fused-ring (bicyclic) bond motifs is 2. The number of nitrogens with one attached hydrogen (secondary N) is 2. The Labute approximate surface area is 118 Å². The van der Waals surface area contributed by atoms with Crippen LogP contribution in [0, 0.1) is 5.82 Å². The lowest BCUT2D eigenvalue weighted by Gasteiger charge is -2.35. The molecule has 0 spiro atoms. The Morgan fingerprint density at radius 2 is 2.05 bits per heavy atom. The highest BCUT2D eigenvalue weighted by Gasteiger charge is 2.36. The van der Waals surface area contributed by atoms with Crippen LogP contribution in [0.4, 0.5) is 14.9 Å². The van der Waals surface area contributed by atoms with Crippen molar-refractivity contribution in [2.75, 3.05) is 12.4 Å². The molecule has 2 bridgehead atoms. The van der Waals surface area contributed by atoms with E-state index in [4.69, 9.17) is 0 Å². The maximum Gasteiger partial charge on any atom is 0.321 e. The van der Waals surface area contributed by atoms with Gasteiger partial charge in [0.15, 0.2) is 0 Å². The quantitative estimate of drug-likeness (QED) is 0.872. The van der Waals surface area contributed by atoms with Crippen molar-refractivity contribution < 1.29 is 9.18 Å². The number of anilines is 1. The first kappa shape index (κ1) is 13.4.